The van der Waals surface area contributed by atoms with Crippen molar-refractivity contribution in [1.29, 1.82) is 0 Å². The summed E-state index contributed by atoms with van der Waals surface area (Å²) in [6, 6.07) is 8.87. The van der Waals surface area contributed by atoms with Crippen LogP contribution in [0.4, 0.5) is 11.5 Å². The molecule has 2 heterocycles. The summed E-state index contributed by atoms with van der Waals surface area (Å²) in [5.74, 6) is 0.609. The average molecular weight is 339 g/mol. The lowest BCUT2D eigenvalue weighted by Crippen LogP contribution is -2.30. The number of hydrogen-bond donors (Lipinski definition) is 1. The molecule has 1 aromatic carbocycles. The largest absolute Gasteiger partial charge is 0.385 e. The van der Waals surface area contributed by atoms with Gasteiger partial charge in [-0.3, -0.25) is 0 Å². The van der Waals surface area contributed by atoms with E-state index >= 15 is 0 Å². The molecule has 25 heavy (non-hydrogen) atoms. The van der Waals surface area contributed by atoms with Gasteiger partial charge in [-0.15, -0.1) is 0 Å². The van der Waals surface area contributed by atoms with Gasteiger partial charge in [-0.25, -0.2) is 4.98 Å². The number of rotatable bonds is 6. The molecule has 0 amide bonds. The predicted molar refractivity (Wildman–Crippen MR) is 105 cm³/mol. The number of pyridine rings is 1. The SMILES string of the molecule is CCc1nc(N)cc(C)c1-c1ccc2c(c1)N(CCCOC)CCC2. The lowest BCUT2D eigenvalue weighted by molar-refractivity contribution is 0.196. The van der Waals surface area contributed by atoms with Crippen molar-refractivity contribution in [2.24, 2.45) is 0 Å². The van der Waals surface area contributed by atoms with Crippen molar-refractivity contribution >= 4 is 11.5 Å². The van der Waals surface area contributed by atoms with E-state index in [1.807, 2.05) is 6.07 Å². The molecule has 0 bridgehead atoms. The normalized spacial score (nSPS) is 13.8. The molecule has 0 saturated carbocycles. The third kappa shape index (κ3) is 3.79. The quantitative estimate of drug-likeness (QED) is 0.809. The minimum absolute atomic E-state index is 0.609. The van der Waals surface area contributed by atoms with Crippen LogP contribution in [0.25, 0.3) is 11.1 Å². The molecule has 0 aliphatic carbocycles. The molecular formula is C21H29N3O. The van der Waals surface area contributed by atoms with Crippen molar-refractivity contribution in [3.63, 3.8) is 0 Å². The molecule has 0 unspecified atom stereocenters. The summed E-state index contributed by atoms with van der Waals surface area (Å²) in [7, 11) is 1.77. The van der Waals surface area contributed by atoms with Crippen LogP contribution in [-0.4, -0.2) is 31.8 Å². The minimum Gasteiger partial charge on any atom is -0.385 e. The maximum Gasteiger partial charge on any atom is 0.123 e. The molecule has 3 rings (SSSR count). The minimum atomic E-state index is 0.609. The number of nitrogens with zero attached hydrogens (tertiary/aromatic N) is 2. The highest BCUT2D eigenvalue weighted by molar-refractivity contribution is 5.76. The number of methoxy groups -OCH3 is 1. The van der Waals surface area contributed by atoms with E-state index in [4.69, 9.17) is 10.5 Å². The fourth-order valence-corrected chi connectivity index (χ4v) is 3.85. The molecule has 4 heteroatoms. The Hall–Kier alpha value is -2.07. The molecule has 4 nitrogen and oxygen atoms in total. The monoisotopic (exact) mass is 339 g/mol. The fraction of sp³-hybridized carbons (Fsp3) is 0.476. The van der Waals surface area contributed by atoms with Crippen LogP contribution >= 0.6 is 0 Å². The number of benzene rings is 1. The van der Waals surface area contributed by atoms with Crippen molar-refractivity contribution in [1.82, 2.24) is 4.98 Å². The summed E-state index contributed by atoms with van der Waals surface area (Å²) in [6.45, 7) is 7.25. The fourth-order valence-electron chi connectivity index (χ4n) is 3.85. The third-order valence-electron chi connectivity index (χ3n) is 5.01. The lowest BCUT2D eigenvalue weighted by atomic mass is 9.93. The van der Waals surface area contributed by atoms with Gasteiger partial charge >= 0.3 is 0 Å². The highest BCUT2D eigenvalue weighted by Crippen LogP contribution is 2.35. The second kappa shape index (κ2) is 7.87. The Kier molecular flexibility index (Phi) is 5.59. The predicted octanol–water partition coefficient (Wildman–Crippen LogP) is 3.99. The third-order valence-corrected chi connectivity index (χ3v) is 5.01. The second-order valence-electron chi connectivity index (χ2n) is 6.82. The maximum atomic E-state index is 5.95. The number of fused-ring (bicyclic) bond motifs is 1. The van der Waals surface area contributed by atoms with Gasteiger partial charge in [-0.1, -0.05) is 19.1 Å². The Morgan fingerprint density at radius 1 is 1.28 bits per heavy atom. The molecular weight excluding hydrogens is 310 g/mol. The molecule has 2 aromatic rings. The number of aryl methyl sites for hydroxylation is 3. The zero-order chi connectivity index (χ0) is 17.8. The van der Waals surface area contributed by atoms with Crippen LogP contribution < -0.4 is 10.6 Å². The first-order valence-electron chi connectivity index (χ1n) is 9.27. The van der Waals surface area contributed by atoms with Crippen LogP contribution in [-0.2, 0) is 17.6 Å². The molecule has 0 saturated heterocycles. The van der Waals surface area contributed by atoms with Gasteiger partial charge in [-0.05, 0) is 61.4 Å². The van der Waals surface area contributed by atoms with E-state index in [0.29, 0.717) is 5.82 Å². The summed E-state index contributed by atoms with van der Waals surface area (Å²) in [4.78, 5) is 7.08. The summed E-state index contributed by atoms with van der Waals surface area (Å²) in [5.41, 5.74) is 13.5. The Morgan fingerprint density at radius 2 is 2.12 bits per heavy atom. The van der Waals surface area contributed by atoms with E-state index in [2.05, 4.69) is 41.9 Å². The first-order chi connectivity index (χ1) is 12.1. The standard InChI is InChI=1S/C21H29N3O/c1-4-18-21(15(2)13-20(22)23-18)17-9-8-16-7-5-10-24(19(16)14-17)11-6-12-25-3/h8-9,13-14H,4-7,10-12H2,1-3H3,(H2,22,23). The Bertz CT molecular complexity index is 742. The Morgan fingerprint density at radius 3 is 2.88 bits per heavy atom. The van der Waals surface area contributed by atoms with Crippen molar-refractivity contribution < 1.29 is 4.74 Å². The molecule has 134 valence electrons. The molecule has 0 spiro atoms. The van der Waals surface area contributed by atoms with E-state index < -0.39 is 0 Å². The van der Waals surface area contributed by atoms with E-state index in [9.17, 15) is 0 Å². The average Bonchev–Trinajstić information content (AvgIpc) is 2.61. The Balaban J connectivity index is 1.99. The second-order valence-corrected chi connectivity index (χ2v) is 6.82. The smallest absolute Gasteiger partial charge is 0.123 e. The first-order valence-corrected chi connectivity index (χ1v) is 9.27. The molecule has 1 aliphatic heterocycles. The van der Waals surface area contributed by atoms with Crippen LogP contribution in [0.3, 0.4) is 0 Å². The van der Waals surface area contributed by atoms with Crippen LogP contribution in [0.5, 0.6) is 0 Å². The van der Waals surface area contributed by atoms with Crippen LogP contribution in [0.15, 0.2) is 24.3 Å². The van der Waals surface area contributed by atoms with Gasteiger partial charge in [0.15, 0.2) is 0 Å². The highest BCUT2D eigenvalue weighted by atomic mass is 16.5. The summed E-state index contributed by atoms with van der Waals surface area (Å²) >= 11 is 0. The van der Waals surface area contributed by atoms with Gasteiger partial charge < -0.3 is 15.4 Å². The zero-order valence-electron chi connectivity index (χ0n) is 15.6. The van der Waals surface area contributed by atoms with Gasteiger partial charge in [0.05, 0.1) is 5.69 Å². The van der Waals surface area contributed by atoms with Crippen molar-refractivity contribution in [2.75, 3.05) is 37.4 Å². The number of hydrogen-bond acceptors (Lipinski definition) is 4. The van der Waals surface area contributed by atoms with Gasteiger partial charge in [0.2, 0.25) is 0 Å². The maximum absolute atomic E-state index is 5.95. The van der Waals surface area contributed by atoms with Gasteiger partial charge in [0.25, 0.3) is 0 Å². The number of nitrogens with two attached hydrogens (primary N) is 1. The van der Waals surface area contributed by atoms with Crippen molar-refractivity contribution in [2.45, 2.75) is 39.5 Å². The number of anilines is 2. The molecule has 0 radical (unpaired) electrons. The molecule has 2 N–H and O–H groups in total. The zero-order valence-corrected chi connectivity index (χ0v) is 15.6. The highest BCUT2D eigenvalue weighted by Gasteiger charge is 2.19. The van der Waals surface area contributed by atoms with Crippen LogP contribution in [0, 0.1) is 6.92 Å². The molecule has 1 aromatic heterocycles. The van der Waals surface area contributed by atoms with Gasteiger partial charge in [0, 0.05) is 38.1 Å². The lowest BCUT2D eigenvalue weighted by Gasteiger charge is -2.32. The number of ether oxygens (including phenoxy) is 1. The topological polar surface area (TPSA) is 51.4 Å². The molecule has 1 aliphatic rings. The van der Waals surface area contributed by atoms with Crippen LogP contribution in [0.1, 0.15) is 36.6 Å². The van der Waals surface area contributed by atoms with Gasteiger partial charge in [-0.2, -0.15) is 0 Å². The van der Waals surface area contributed by atoms with Crippen molar-refractivity contribution in [3.05, 3.63) is 41.1 Å². The Labute approximate surface area is 151 Å². The number of nitrogen functional groups attached to an aromatic ring is 1. The van der Waals surface area contributed by atoms with E-state index in [1.165, 1.54) is 34.4 Å². The first kappa shape index (κ1) is 17.7. The summed E-state index contributed by atoms with van der Waals surface area (Å²) < 4.78 is 5.22. The van der Waals surface area contributed by atoms with Crippen LogP contribution in [0.2, 0.25) is 0 Å². The molecule has 0 fully saturated rings. The van der Waals surface area contributed by atoms with Gasteiger partial charge in [0.1, 0.15) is 5.82 Å². The van der Waals surface area contributed by atoms with E-state index in [-0.39, 0.29) is 0 Å². The summed E-state index contributed by atoms with van der Waals surface area (Å²) in [6.07, 6.45) is 4.33. The molecule has 0 atom stereocenters. The summed E-state index contributed by atoms with van der Waals surface area (Å²) in [5, 5.41) is 0. The van der Waals surface area contributed by atoms with E-state index in [0.717, 1.165) is 44.7 Å². The number of aromatic nitrogens is 1. The van der Waals surface area contributed by atoms with E-state index in [1.54, 1.807) is 7.11 Å². The van der Waals surface area contributed by atoms with Crippen molar-refractivity contribution in [3.8, 4) is 11.1 Å².